The average Bonchev–Trinajstić information content (AvgIpc) is 2.24. The van der Waals surface area contributed by atoms with Gasteiger partial charge in [-0.25, -0.2) is 4.98 Å². The van der Waals surface area contributed by atoms with E-state index >= 15 is 0 Å². The Bertz CT molecular complexity index is 394. The normalized spacial score (nSPS) is 14.4. The van der Waals surface area contributed by atoms with Crippen molar-refractivity contribution in [1.82, 2.24) is 14.9 Å². The molecule has 1 heterocycles. The van der Waals surface area contributed by atoms with E-state index in [1.807, 2.05) is 25.9 Å². The number of hydrogen-bond donors (Lipinski definition) is 2. The lowest BCUT2D eigenvalue weighted by Crippen LogP contribution is -2.43. The monoisotopic (exact) mass is 254 g/mol. The van der Waals surface area contributed by atoms with Gasteiger partial charge in [-0.1, -0.05) is 0 Å². The number of rotatable bonds is 6. The summed E-state index contributed by atoms with van der Waals surface area (Å²) in [7, 11) is 5.40. The van der Waals surface area contributed by atoms with Gasteiger partial charge in [0.05, 0.1) is 12.7 Å². The molecule has 0 spiro atoms. The Balaban J connectivity index is 2.65. The third kappa shape index (κ3) is 4.85. The third-order valence-corrected chi connectivity index (χ3v) is 2.32. The number of ether oxygens (including phenoxy) is 1. The second-order valence-electron chi connectivity index (χ2n) is 4.96. The molecular weight excluding hydrogens is 232 g/mol. The number of anilines is 1. The van der Waals surface area contributed by atoms with Gasteiger partial charge in [-0.3, -0.25) is 0 Å². The largest absolute Gasteiger partial charge is 0.481 e. The van der Waals surface area contributed by atoms with Crippen molar-refractivity contribution in [2.45, 2.75) is 19.4 Å². The molecule has 0 bridgehead atoms. The van der Waals surface area contributed by atoms with Gasteiger partial charge < -0.3 is 20.1 Å². The fourth-order valence-electron chi connectivity index (χ4n) is 1.73. The average molecular weight is 254 g/mol. The first-order chi connectivity index (χ1) is 8.32. The molecule has 0 saturated carbocycles. The minimum absolute atomic E-state index is 0.373. The molecule has 6 heteroatoms. The second kappa shape index (κ2) is 5.97. The van der Waals surface area contributed by atoms with Crippen LogP contribution in [0.4, 0.5) is 5.95 Å². The van der Waals surface area contributed by atoms with Crippen molar-refractivity contribution in [3.05, 3.63) is 11.8 Å². The van der Waals surface area contributed by atoms with Crippen LogP contribution in [0.2, 0.25) is 0 Å². The van der Waals surface area contributed by atoms with Crippen molar-refractivity contribution < 1.29 is 9.84 Å². The highest BCUT2D eigenvalue weighted by Crippen LogP contribution is 2.12. The van der Waals surface area contributed by atoms with Crippen LogP contribution in [0.3, 0.4) is 0 Å². The third-order valence-electron chi connectivity index (χ3n) is 2.32. The van der Waals surface area contributed by atoms with E-state index in [1.165, 1.54) is 0 Å². The standard InChI is InChI=1S/C12H22N4O2/c1-9-6-10(18-5)15-11(14-9)13-7-12(2,17)8-16(3)4/h6,17H,7-8H2,1-5H3,(H,13,14,15). The molecule has 0 aliphatic rings. The van der Waals surface area contributed by atoms with E-state index in [1.54, 1.807) is 20.1 Å². The van der Waals surface area contributed by atoms with Crippen molar-refractivity contribution in [1.29, 1.82) is 0 Å². The first-order valence-electron chi connectivity index (χ1n) is 5.83. The van der Waals surface area contributed by atoms with E-state index in [9.17, 15) is 5.11 Å². The summed E-state index contributed by atoms with van der Waals surface area (Å²) >= 11 is 0. The summed E-state index contributed by atoms with van der Waals surface area (Å²) in [5, 5.41) is 13.2. The van der Waals surface area contributed by atoms with Crippen LogP contribution in [-0.4, -0.2) is 59.9 Å². The van der Waals surface area contributed by atoms with Gasteiger partial charge in [0.25, 0.3) is 0 Å². The van der Waals surface area contributed by atoms with Gasteiger partial charge in [0, 0.05) is 24.8 Å². The van der Waals surface area contributed by atoms with Gasteiger partial charge in [0.2, 0.25) is 11.8 Å². The topological polar surface area (TPSA) is 70.5 Å². The number of aliphatic hydroxyl groups is 1. The predicted octanol–water partition coefficient (Wildman–Crippen LogP) is 0.518. The van der Waals surface area contributed by atoms with E-state index in [-0.39, 0.29) is 0 Å². The number of aromatic nitrogens is 2. The van der Waals surface area contributed by atoms with Crippen molar-refractivity contribution in [3.63, 3.8) is 0 Å². The Hall–Kier alpha value is -1.40. The zero-order chi connectivity index (χ0) is 13.8. The summed E-state index contributed by atoms with van der Waals surface area (Å²) in [4.78, 5) is 10.3. The van der Waals surface area contributed by atoms with Crippen LogP contribution in [0, 0.1) is 6.92 Å². The molecule has 1 rings (SSSR count). The Morgan fingerprint density at radius 2 is 2.11 bits per heavy atom. The SMILES string of the molecule is COc1cc(C)nc(NCC(C)(O)CN(C)C)n1. The van der Waals surface area contributed by atoms with Crippen LogP contribution in [-0.2, 0) is 0 Å². The van der Waals surface area contributed by atoms with Gasteiger partial charge in [-0.15, -0.1) is 0 Å². The highest BCUT2D eigenvalue weighted by molar-refractivity contribution is 5.31. The lowest BCUT2D eigenvalue weighted by Gasteiger charge is -2.27. The van der Waals surface area contributed by atoms with Gasteiger partial charge in [0.1, 0.15) is 0 Å². The van der Waals surface area contributed by atoms with Gasteiger partial charge in [-0.2, -0.15) is 4.98 Å². The smallest absolute Gasteiger partial charge is 0.226 e. The zero-order valence-corrected chi connectivity index (χ0v) is 11.7. The maximum Gasteiger partial charge on any atom is 0.226 e. The summed E-state index contributed by atoms with van der Waals surface area (Å²) < 4.78 is 5.07. The lowest BCUT2D eigenvalue weighted by atomic mass is 10.1. The van der Waals surface area contributed by atoms with Crippen molar-refractivity contribution in [2.24, 2.45) is 0 Å². The molecule has 102 valence electrons. The first-order valence-corrected chi connectivity index (χ1v) is 5.83. The van der Waals surface area contributed by atoms with Crippen molar-refractivity contribution in [3.8, 4) is 5.88 Å². The highest BCUT2D eigenvalue weighted by Gasteiger charge is 2.21. The number of methoxy groups -OCH3 is 1. The summed E-state index contributed by atoms with van der Waals surface area (Å²) in [5.41, 5.74) is -0.0271. The summed E-state index contributed by atoms with van der Waals surface area (Å²) in [6.45, 7) is 4.57. The molecule has 0 aliphatic heterocycles. The highest BCUT2D eigenvalue weighted by atomic mass is 16.5. The van der Waals surface area contributed by atoms with Gasteiger partial charge >= 0.3 is 0 Å². The molecule has 1 atom stereocenters. The van der Waals surface area contributed by atoms with E-state index in [0.29, 0.717) is 24.9 Å². The number of aryl methyl sites for hydroxylation is 1. The lowest BCUT2D eigenvalue weighted by molar-refractivity contribution is 0.0458. The molecular formula is C12H22N4O2. The van der Waals surface area contributed by atoms with Crippen LogP contribution >= 0.6 is 0 Å². The minimum atomic E-state index is -0.843. The van der Waals surface area contributed by atoms with Crippen LogP contribution in [0.1, 0.15) is 12.6 Å². The quantitative estimate of drug-likeness (QED) is 0.771. The van der Waals surface area contributed by atoms with Crippen LogP contribution in [0.15, 0.2) is 6.07 Å². The number of nitrogens with one attached hydrogen (secondary N) is 1. The molecule has 18 heavy (non-hydrogen) atoms. The molecule has 0 aromatic carbocycles. The van der Waals surface area contributed by atoms with Crippen LogP contribution < -0.4 is 10.1 Å². The van der Waals surface area contributed by atoms with Crippen molar-refractivity contribution >= 4 is 5.95 Å². The van der Waals surface area contributed by atoms with E-state index < -0.39 is 5.60 Å². The molecule has 0 fully saturated rings. The Morgan fingerprint density at radius 1 is 1.44 bits per heavy atom. The Kier molecular flexibility index (Phi) is 4.86. The van der Waals surface area contributed by atoms with E-state index in [2.05, 4.69) is 15.3 Å². The Morgan fingerprint density at radius 3 is 2.67 bits per heavy atom. The van der Waals surface area contributed by atoms with Gasteiger partial charge in [0.15, 0.2) is 0 Å². The summed E-state index contributed by atoms with van der Waals surface area (Å²) in [6, 6.07) is 1.75. The van der Waals surface area contributed by atoms with Crippen molar-refractivity contribution in [2.75, 3.05) is 39.6 Å². The molecule has 0 saturated heterocycles. The van der Waals surface area contributed by atoms with E-state index in [0.717, 1.165) is 5.69 Å². The second-order valence-corrected chi connectivity index (χ2v) is 4.96. The van der Waals surface area contributed by atoms with Crippen LogP contribution in [0.5, 0.6) is 5.88 Å². The fraction of sp³-hybridized carbons (Fsp3) is 0.667. The maximum atomic E-state index is 10.2. The summed E-state index contributed by atoms with van der Waals surface area (Å²) in [5.74, 6) is 0.975. The molecule has 0 amide bonds. The number of likely N-dealkylation sites (N-methyl/N-ethyl adjacent to an activating group) is 1. The van der Waals surface area contributed by atoms with Gasteiger partial charge in [-0.05, 0) is 27.9 Å². The number of nitrogens with zero attached hydrogens (tertiary/aromatic N) is 3. The minimum Gasteiger partial charge on any atom is -0.481 e. The number of hydrogen-bond acceptors (Lipinski definition) is 6. The predicted molar refractivity (Wildman–Crippen MR) is 71.0 cm³/mol. The van der Waals surface area contributed by atoms with Crippen LogP contribution in [0.25, 0.3) is 0 Å². The fourth-order valence-corrected chi connectivity index (χ4v) is 1.73. The first kappa shape index (κ1) is 14.7. The molecule has 0 aliphatic carbocycles. The molecule has 0 radical (unpaired) electrons. The molecule has 1 aromatic heterocycles. The molecule has 6 nitrogen and oxygen atoms in total. The summed E-state index contributed by atoms with van der Waals surface area (Å²) in [6.07, 6.45) is 0. The maximum absolute atomic E-state index is 10.2. The zero-order valence-electron chi connectivity index (χ0n) is 11.7. The molecule has 1 unspecified atom stereocenters. The molecule has 1 aromatic rings. The Labute approximate surface area is 108 Å². The molecule has 2 N–H and O–H groups in total. The van der Waals surface area contributed by atoms with E-state index in [4.69, 9.17) is 4.74 Å².